The van der Waals surface area contributed by atoms with Gasteiger partial charge in [-0.2, -0.15) is 0 Å². The molecule has 70 valence electrons. The Hall–Kier alpha value is -1.14. The molecule has 4 N–H and O–H groups in total. The van der Waals surface area contributed by atoms with Crippen LogP contribution in [-0.2, 0) is 9.59 Å². The number of carboxylic acids is 1. The van der Waals surface area contributed by atoms with Crippen LogP contribution in [0.2, 0.25) is 0 Å². The predicted molar refractivity (Wildman–Crippen MR) is 38.3 cm³/mol. The Morgan fingerprint density at radius 3 is 2.25 bits per heavy atom. The van der Waals surface area contributed by atoms with Crippen LogP contribution >= 0.6 is 0 Å². The van der Waals surface area contributed by atoms with E-state index in [0.29, 0.717) is 0 Å². The quantitative estimate of drug-likeness (QED) is 0.394. The molecule has 0 aliphatic heterocycles. The molecule has 6 heteroatoms. The monoisotopic (exact) mass is 177 g/mol. The van der Waals surface area contributed by atoms with E-state index in [1.807, 2.05) is 5.32 Å². The average Bonchev–Trinajstić information content (AvgIpc) is 1.98. The maximum absolute atomic E-state index is 10.5. The number of aliphatic carboxylic acids is 1. The molecule has 0 heterocycles. The minimum atomic E-state index is -1.37. The zero-order chi connectivity index (χ0) is 9.72. The summed E-state index contributed by atoms with van der Waals surface area (Å²) >= 11 is 0. The Kier molecular flexibility index (Phi) is 4.24. The van der Waals surface area contributed by atoms with Crippen molar-refractivity contribution in [3.63, 3.8) is 0 Å². The van der Waals surface area contributed by atoms with Crippen LogP contribution in [0, 0.1) is 0 Å². The molecule has 1 amide bonds. The SMILES string of the molecule is CC(O)C(NC(=O)CO)C(=O)O. The molecule has 0 aromatic heterocycles. The van der Waals surface area contributed by atoms with E-state index in [2.05, 4.69) is 0 Å². The first-order valence-corrected chi connectivity index (χ1v) is 3.30. The summed E-state index contributed by atoms with van der Waals surface area (Å²) < 4.78 is 0. The molecule has 6 nitrogen and oxygen atoms in total. The van der Waals surface area contributed by atoms with E-state index in [4.69, 9.17) is 15.3 Å². The molecule has 0 radical (unpaired) electrons. The van der Waals surface area contributed by atoms with E-state index in [1.165, 1.54) is 6.92 Å². The van der Waals surface area contributed by atoms with Gasteiger partial charge in [0.1, 0.15) is 6.61 Å². The van der Waals surface area contributed by atoms with Crippen LogP contribution in [-0.4, -0.2) is 45.9 Å². The van der Waals surface area contributed by atoms with Gasteiger partial charge in [0.15, 0.2) is 6.04 Å². The van der Waals surface area contributed by atoms with E-state index in [1.54, 1.807) is 0 Å². The van der Waals surface area contributed by atoms with Gasteiger partial charge in [0.2, 0.25) is 5.91 Å². The third-order valence-electron chi connectivity index (χ3n) is 1.21. The number of amides is 1. The minimum absolute atomic E-state index is 0.795. The molecule has 0 aliphatic rings. The summed E-state index contributed by atoms with van der Waals surface area (Å²) in [5.74, 6) is -2.17. The number of aliphatic hydroxyl groups is 2. The first-order chi connectivity index (χ1) is 5.49. The van der Waals surface area contributed by atoms with Gasteiger partial charge in [-0.3, -0.25) is 4.79 Å². The zero-order valence-electron chi connectivity index (χ0n) is 6.52. The third kappa shape index (κ3) is 3.31. The van der Waals surface area contributed by atoms with E-state index < -0.39 is 30.6 Å². The Balaban J connectivity index is 4.14. The van der Waals surface area contributed by atoms with Crippen molar-refractivity contribution in [2.45, 2.75) is 19.1 Å². The lowest BCUT2D eigenvalue weighted by Crippen LogP contribution is -2.48. The number of hydrogen-bond acceptors (Lipinski definition) is 4. The summed E-state index contributed by atoms with van der Waals surface area (Å²) in [6, 6.07) is -1.37. The Morgan fingerprint density at radius 1 is 1.50 bits per heavy atom. The zero-order valence-corrected chi connectivity index (χ0v) is 6.52. The molecule has 12 heavy (non-hydrogen) atoms. The van der Waals surface area contributed by atoms with Crippen molar-refractivity contribution in [3.8, 4) is 0 Å². The molecule has 0 aromatic carbocycles. The fraction of sp³-hybridized carbons (Fsp3) is 0.667. The number of hydrogen-bond donors (Lipinski definition) is 4. The van der Waals surface area contributed by atoms with Gasteiger partial charge < -0.3 is 20.6 Å². The van der Waals surface area contributed by atoms with Crippen LogP contribution in [0.25, 0.3) is 0 Å². The van der Waals surface area contributed by atoms with Crippen molar-refractivity contribution in [2.75, 3.05) is 6.61 Å². The lowest BCUT2D eigenvalue weighted by molar-refractivity contribution is -0.145. The first-order valence-electron chi connectivity index (χ1n) is 3.30. The molecule has 0 spiro atoms. The molecular formula is C6H11NO5. The van der Waals surface area contributed by atoms with E-state index in [-0.39, 0.29) is 0 Å². The van der Waals surface area contributed by atoms with Gasteiger partial charge in [-0.1, -0.05) is 0 Å². The van der Waals surface area contributed by atoms with Crippen LogP contribution in [0.15, 0.2) is 0 Å². The summed E-state index contributed by atoms with van der Waals surface area (Å²) in [7, 11) is 0. The maximum Gasteiger partial charge on any atom is 0.328 e. The first kappa shape index (κ1) is 10.9. The second kappa shape index (κ2) is 4.68. The van der Waals surface area contributed by atoms with Crippen LogP contribution in [0.1, 0.15) is 6.92 Å². The molecule has 0 aromatic rings. The minimum Gasteiger partial charge on any atom is -0.480 e. The van der Waals surface area contributed by atoms with Gasteiger partial charge in [-0.25, -0.2) is 4.79 Å². The van der Waals surface area contributed by atoms with Crippen molar-refractivity contribution in [3.05, 3.63) is 0 Å². The summed E-state index contributed by atoms with van der Waals surface area (Å²) in [6.45, 7) is 0.437. The summed E-state index contributed by atoms with van der Waals surface area (Å²) in [4.78, 5) is 20.8. The van der Waals surface area contributed by atoms with Gasteiger partial charge in [0, 0.05) is 0 Å². The van der Waals surface area contributed by atoms with Crippen LogP contribution in [0.4, 0.5) is 0 Å². The largest absolute Gasteiger partial charge is 0.480 e. The van der Waals surface area contributed by atoms with Crippen LogP contribution in [0.3, 0.4) is 0 Å². The molecule has 0 saturated carbocycles. The highest BCUT2D eigenvalue weighted by molar-refractivity contribution is 5.84. The second-order valence-electron chi connectivity index (χ2n) is 2.28. The van der Waals surface area contributed by atoms with Crippen molar-refractivity contribution in [1.82, 2.24) is 5.32 Å². The lowest BCUT2D eigenvalue weighted by atomic mass is 10.2. The highest BCUT2D eigenvalue weighted by Gasteiger charge is 2.24. The fourth-order valence-electron chi connectivity index (χ4n) is 0.608. The number of rotatable bonds is 4. The molecule has 2 atom stereocenters. The standard InChI is InChI=1S/C6H11NO5/c1-3(9)5(6(11)12)7-4(10)2-8/h3,5,8-9H,2H2,1H3,(H,7,10)(H,11,12). The number of carbonyl (C=O) groups excluding carboxylic acids is 1. The van der Waals surface area contributed by atoms with Crippen molar-refractivity contribution < 1.29 is 24.9 Å². The molecule has 0 saturated heterocycles. The van der Waals surface area contributed by atoms with E-state index >= 15 is 0 Å². The van der Waals surface area contributed by atoms with Gasteiger partial charge in [0.05, 0.1) is 6.10 Å². The summed E-state index contributed by atoms with van der Waals surface area (Å²) in [6.07, 6.45) is -1.20. The molecular weight excluding hydrogens is 166 g/mol. The molecule has 0 fully saturated rings. The number of aliphatic hydroxyl groups excluding tert-OH is 2. The van der Waals surface area contributed by atoms with Gasteiger partial charge in [0.25, 0.3) is 0 Å². The molecule has 0 bridgehead atoms. The smallest absolute Gasteiger partial charge is 0.328 e. The molecule has 0 aliphatic carbocycles. The Labute approximate surface area is 68.8 Å². The average molecular weight is 177 g/mol. The second-order valence-corrected chi connectivity index (χ2v) is 2.28. The molecule has 0 rings (SSSR count). The van der Waals surface area contributed by atoms with Crippen LogP contribution in [0.5, 0.6) is 0 Å². The van der Waals surface area contributed by atoms with Gasteiger partial charge in [-0.05, 0) is 6.92 Å². The van der Waals surface area contributed by atoms with E-state index in [9.17, 15) is 9.59 Å². The van der Waals surface area contributed by atoms with Crippen LogP contribution < -0.4 is 5.32 Å². The van der Waals surface area contributed by atoms with Crippen molar-refractivity contribution in [1.29, 1.82) is 0 Å². The topological polar surface area (TPSA) is 107 Å². The predicted octanol–water partition coefficient (Wildman–Crippen LogP) is -2.07. The van der Waals surface area contributed by atoms with E-state index in [0.717, 1.165) is 0 Å². The summed E-state index contributed by atoms with van der Waals surface area (Å²) in [5, 5.41) is 27.5. The normalized spacial score (nSPS) is 14.9. The number of carboxylic acid groups (broad SMARTS) is 1. The molecule has 2 unspecified atom stereocenters. The number of nitrogens with one attached hydrogen (secondary N) is 1. The lowest BCUT2D eigenvalue weighted by Gasteiger charge is -2.15. The third-order valence-corrected chi connectivity index (χ3v) is 1.21. The number of carbonyl (C=O) groups is 2. The fourth-order valence-corrected chi connectivity index (χ4v) is 0.608. The van der Waals surface area contributed by atoms with Crippen molar-refractivity contribution in [2.24, 2.45) is 0 Å². The Morgan fingerprint density at radius 2 is 2.00 bits per heavy atom. The maximum atomic E-state index is 10.5. The van der Waals surface area contributed by atoms with Gasteiger partial charge >= 0.3 is 5.97 Å². The summed E-state index contributed by atoms with van der Waals surface area (Å²) in [5.41, 5.74) is 0. The Bertz CT molecular complexity index is 179. The highest BCUT2D eigenvalue weighted by atomic mass is 16.4. The van der Waals surface area contributed by atoms with Gasteiger partial charge in [-0.15, -0.1) is 0 Å². The van der Waals surface area contributed by atoms with Crippen molar-refractivity contribution >= 4 is 11.9 Å². The highest BCUT2D eigenvalue weighted by Crippen LogP contribution is 1.92.